The molecule has 1 aromatic rings. The molecule has 0 aliphatic heterocycles. The number of aliphatic carboxylic acids is 1. The van der Waals surface area contributed by atoms with Crippen molar-refractivity contribution in [1.29, 1.82) is 0 Å². The van der Waals surface area contributed by atoms with E-state index in [1.165, 1.54) is 0 Å². The minimum Gasteiger partial charge on any atom is -0.481 e. The summed E-state index contributed by atoms with van der Waals surface area (Å²) in [6.07, 6.45) is 3.52. The highest BCUT2D eigenvalue weighted by Gasteiger charge is 2.26. The van der Waals surface area contributed by atoms with Crippen LogP contribution in [0.25, 0.3) is 0 Å². The molecule has 5 heteroatoms. The van der Waals surface area contributed by atoms with Gasteiger partial charge in [-0.1, -0.05) is 23.2 Å². The van der Waals surface area contributed by atoms with Crippen LogP contribution in [0.4, 0.5) is 0 Å². The molecule has 0 aromatic heterocycles. The zero-order valence-corrected chi connectivity index (χ0v) is 13.6. The van der Waals surface area contributed by atoms with Crippen molar-refractivity contribution in [3.05, 3.63) is 33.8 Å². The number of nitrogens with one attached hydrogen (secondary N) is 1. The SMILES string of the molecule is CC(NCC1CCC(C(=O)O)CC1)c1cc(Cl)ccc1Cl. The van der Waals surface area contributed by atoms with Crippen LogP contribution in [0.5, 0.6) is 0 Å². The number of carboxylic acids is 1. The van der Waals surface area contributed by atoms with Gasteiger partial charge in [0.25, 0.3) is 0 Å². The predicted molar refractivity (Wildman–Crippen MR) is 86.0 cm³/mol. The van der Waals surface area contributed by atoms with Crippen LogP contribution in [-0.4, -0.2) is 17.6 Å². The van der Waals surface area contributed by atoms with Crippen molar-refractivity contribution in [3.8, 4) is 0 Å². The Morgan fingerprint density at radius 1 is 1.33 bits per heavy atom. The van der Waals surface area contributed by atoms with Gasteiger partial charge in [0.15, 0.2) is 0 Å². The summed E-state index contributed by atoms with van der Waals surface area (Å²) in [5.74, 6) is -0.262. The molecular weight excluding hydrogens is 309 g/mol. The van der Waals surface area contributed by atoms with E-state index >= 15 is 0 Å². The van der Waals surface area contributed by atoms with E-state index in [4.69, 9.17) is 28.3 Å². The van der Waals surface area contributed by atoms with Crippen LogP contribution in [0.3, 0.4) is 0 Å². The Kier molecular flexibility index (Phi) is 5.91. The first-order chi connectivity index (χ1) is 9.97. The molecule has 0 bridgehead atoms. The zero-order chi connectivity index (χ0) is 15.4. The second kappa shape index (κ2) is 7.48. The lowest BCUT2D eigenvalue weighted by Crippen LogP contribution is -2.30. The minimum atomic E-state index is -0.652. The van der Waals surface area contributed by atoms with E-state index in [1.807, 2.05) is 12.1 Å². The fourth-order valence-corrected chi connectivity index (χ4v) is 3.38. The van der Waals surface area contributed by atoms with Gasteiger partial charge >= 0.3 is 5.97 Å². The summed E-state index contributed by atoms with van der Waals surface area (Å²) in [6, 6.07) is 5.62. The van der Waals surface area contributed by atoms with Crippen LogP contribution in [0, 0.1) is 11.8 Å². The summed E-state index contributed by atoms with van der Waals surface area (Å²) in [5, 5.41) is 13.9. The van der Waals surface area contributed by atoms with Crippen molar-refractivity contribution in [2.75, 3.05) is 6.54 Å². The number of hydrogen-bond acceptors (Lipinski definition) is 2. The van der Waals surface area contributed by atoms with Crippen LogP contribution in [-0.2, 0) is 4.79 Å². The van der Waals surface area contributed by atoms with Gasteiger partial charge in [-0.15, -0.1) is 0 Å². The van der Waals surface area contributed by atoms with E-state index in [-0.39, 0.29) is 12.0 Å². The normalized spacial score (nSPS) is 23.8. The predicted octanol–water partition coefficient (Wildman–Crippen LogP) is 4.54. The van der Waals surface area contributed by atoms with Gasteiger partial charge in [0, 0.05) is 16.1 Å². The monoisotopic (exact) mass is 329 g/mol. The number of carboxylic acid groups (broad SMARTS) is 1. The third-order valence-corrected chi connectivity index (χ3v) is 4.91. The van der Waals surface area contributed by atoms with Gasteiger partial charge < -0.3 is 10.4 Å². The third-order valence-electron chi connectivity index (χ3n) is 4.33. The molecule has 1 fully saturated rings. The lowest BCUT2D eigenvalue weighted by molar-refractivity contribution is -0.143. The number of benzene rings is 1. The average molecular weight is 330 g/mol. The molecule has 0 heterocycles. The van der Waals surface area contributed by atoms with Gasteiger partial charge in [0.05, 0.1) is 5.92 Å². The molecule has 1 aromatic carbocycles. The second-order valence-electron chi connectivity index (χ2n) is 5.85. The maximum atomic E-state index is 10.9. The van der Waals surface area contributed by atoms with Crippen molar-refractivity contribution in [2.45, 2.75) is 38.6 Å². The highest BCUT2D eigenvalue weighted by molar-refractivity contribution is 6.33. The molecule has 1 aliphatic carbocycles. The Hall–Kier alpha value is -0.770. The molecule has 0 spiro atoms. The van der Waals surface area contributed by atoms with E-state index < -0.39 is 5.97 Å². The summed E-state index contributed by atoms with van der Waals surface area (Å²) >= 11 is 12.2. The molecule has 1 saturated carbocycles. The second-order valence-corrected chi connectivity index (χ2v) is 6.70. The van der Waals surface area contributed by atoms with Gasteiger partial charge in [-0.2, -0.15) is 0 Å². The van der Waals surface area contributed by atoms with Crippen molar-refractivity contribution >= 4 is 29.2 Å². The highest BCUT2D eigenvalue weighted by Crippen LogP contribution is 2.30. The van der Waals surface area contributed by atoms with E-state index in [1.54, 1.807) is 6.07 Å². The van der Waals surface area contributed by atoms with Crippen LogP contribution in [0.1, 0.15) is 44.2 Å². The molecule has 0 radical (unpaired) electrons. The molecule has 1 unspecified atom stereocenters. The Morgan fingerprint density at radius 3 is 2.62 bits per heavy atom. The van der Waals surface area contributed by atoms with Crippen LogP contribution in [0.15, 0.2) is 18.2 Å². The number of carbonyl (C=O) groups is 1. The third kappa shape index (κ3) is 4.60. The molecule has 0 amide bonds. The zero-order valence-electron chi connectivity index (χ0n) is 12.1. The standard InChI is InChI=1S/C16H21Cl2NO2/c1-10(14-8-13(17)6-7-15(14)18)19-9-11-2-4-12(5-3-11)16(20)21/h6-8,10-12,19H,2-5,9H2,1H3,(H,20,21). The number of rotatable bonds is 5. The van der Waals surface area contributed by atoms with E-state index in [2.05, 4.69) is 12.2 Å². The van der Waals surface area contributed by atoms with Gasteiger partial charge in [-0.3, -0.25) is 4.79 Å². The van der Waals surface area contributed by atoms with Crippen molar-refractivity contribution < 1.29 is 9.90 Å². The average Bonchev–Trinajstić information content (AvgIpc) is 2.47. The smallest absolute Gasteiger partial charge is 0.306 e. The fraction of sp³-hybridized carbons (Fsp3) is 0.562. The van der Waals surface area contributed by atoms with E-state index in [9.17, 15) is 4.79 Å². The summed E-state index contributed by atoms with van der Waals surface area (Å²) in [7, 11) is 0. The Balaban J connectivity index is 1.83. The van der Waals surface area contributed by atoms with E-state index in [0.29, 0.717) is 16.0 Å². The number of halogens is 2. The highest BCUT2D eigenvalue weighted by atomic mass is 35.5. The van der Waals surface area contributed by atoms with Gasteiger partial charge in [-0.05, 0) is 68.8 Å². The topological polar surface area (TPSA) is 49.3 Å². The van der Waals surface area contributed by atoms with Gasteiger partial charge in [0.1, 0.15) is 0 Å². The fourth-order valence-electron chi connectivity index (χ4n) is 2.91. The van der Waals surface area contributed by atoms with E-state index in [0.717, 1.165) is 37.8 Å². The summed E-state index contributed by atoms with van der Waals surface area (Å²) in [6.45, 7) is 2.96. The van der Waals surface area contributed by atoms with Gasteiger partial charge in [-0.25, -0.2) is 0 Å². The number of hydrogen-bond donors (Lipinski definition) is 2. The maximum absolute atomic E-state index is 10.9. The Bertz CT molecular complexity index is 499. The summed E-state index contributed by atoms with van der Waals surface area (Å²) in [5.41, 5.74) is 1.00. The quantitative estimate of drug-likeness (QED) is 0.833. The lowest BCUT2D eigenvalue weighted by atomic mass is 9.82. The first kappa shape index (κ1) is 16.6. The molecule has 3 nitrogen and oxygen atoms in total. The van der Waals surface area contributed by atoms with Crippen LogP contribution < -0.4 is 5.32 Å². The molecule has 1 aliphatic rings. The molecular formula is C16H21Cl2NO2. The molecule has 116 valence electrons. The maximum Gasteiger partial charge on any atom is 0.306 e. The molecule has 2 rings (SSSR count). The van der Waals surface area contributed by atoms with Crippen LogP contribution in [0.2, 0.25) is 10.0 Å². The van der Waals surface area contributed by atoms with Crippen molar-refractivity contribution in [3.63, 3.8) is 0 Å². The van der Waals surface area contributed by atoms with Crippen LogP contribution >= 0.6 is 23.2 Å². The Morgan fingerprint density at radius 2 is 2.00 bits per heavy atom. The van der Waals surface area contributed by atoms with Crippen molar-refractivity contribution in [1.82, 2.24) is 5.32 Å². The minimum absolute atomic E-state index is 0.133. The molecule has 0 saturated heterocycles. The lowest BCUT2D eigenvalue weighted by Gasteiger charge is -2.27. The molecule has 2 N–H and O–H groups in total. The summed E-state index contributed by atoms with van der Waals surface area (Å²) < 4.78 is 0. The largest absolute Gasteiger partial charge is 0.481 e. The molecule has 21 heavy (non-hydrogen) atoms. The first-order valence-corrected chi connectivity index (χ1v) is 8.14. The first-order valence-electron chi connectivity index (χ1n) is 7.38. The van der Waals surface area contributed by atoms with Gasteiger partial charge in [0.2, 0.25) is 0 Å². The van der Waals surface area contributed by atoms with Crippen molar-refractivity contribution in [2.24, 2.45) is 11.8 Å². The summed E-state index contributed by atoms with van der Waals surface area (Å²) in [4.78, 5) is 10.9. The molecule has 1 atom stereocenters. The Labute approximate surface area is 135 Å².